The second-order valence-corrected chi connectivity index (χ2v) is 3.00. The van der Waals surface area contributed by atoms with E-state index in [0.717, 1.165) is 19.5 Å². The molecule has 0 aromatic rings. The fraction of sp³-hybridized carbons (Fsp3) is 0.500. The van der Waals surface area contributed by atoms with Crippen LogP contribution < -0.4 is 0 Å². The average molecular weight is 158 g/mol. The van der Waals surface area contributed by atoms with Gasteiger partial charge in [0.2, 0.25) is 0 Å². The smallest absolute Gasteiger partial charge is 0.0344 e. The van der Waals surface area contributed by atoms with Gasteiger partial charge in [-0.3, -0.25) is 0 Å². The molecule has 0 fully saturated rings. The van der Waals surface area contributed by atoms with Gasteiger partial charge in [-0.15, -0.1) is 0 Å². The van der Waals surface area contributed by atoms with Crippen LogP contribution in [0.5, 0.6) is 0 Å². The Morgan fingerprint density at radius 1 is 1.56 bits per heavy atom. The van der Waals surface area contributed by atoms with E-state index < -0.39 is 0 Å². The maximum Gasteiger partial charge on any atom is 0.0344 e. The number of hydrogen-bond donors (Lipinski definition) is 0. The van der Waals surface area contributed by atoms with E-state index in [0.29, 0.717) is 4.32 Å². The third-order valence-corrected chi connectivity index (χ3v) is 1.83. The molecule has 1 heterocycles. The Labute approximate surface area is 66.1 Å². The molecule has 0 aromatic carbocycles. The molecule has 0 aromatic heterocycles. The van der Waals surface area contributed by atoms with Crippen molar-refractivity contribution in [2.45, 2.75) is 6.42 Å². The normalized spacial score (nSPS) is 18.0. The monoisotopic (exact) mass is 158 g/mol. The van der Waals surface area contributed by atoms with Gasteiger partial charge in [0.15, 0.2) is 0 Å². The second kappa shape index (κ2) is 3.13. The molecule has 1 aliphatic heterocycles. The summed E-state index contributed by atoms with van der Waals surface area (Å²) in [6.45, 7) is 1.90. The van der Waals surface area contributed by atoms with Gasteiger partial charge in [0, 0.05) is 13.1 Å². The van der Waals surface area contributed by atoms with Crippen molar-refractivity contribution in [1.29, 1.82) is 0 Å². The summed E-state index contributed by atoms with van der Waals surface area (Å²) in [5, 5.41) is 0. The van der Waals surface area contributed by atoms with Crippen LogP contribution in [0.4, 0.5) is 0 Å². The zero-order valence-corrected chi connectivity index (χ0v) is 6.67. The molecule has 1 rings (SSSR count). The number of thiocarbonyl (C=S) groups is 1. The fourth-order valence-corrected chi connectivity index (χ4v) is 1.14. The molecule has 0 spiro atoms. The summed E-state index contributed by atoms with van der Waals surface area (Å²) in [5.41, 5.74) is 0. The highest BCUT2D eigenvalue weighted by Crippen LogP contribution is 2.00. The van der Waals surface area contributed by atoms with Crippen molar-refractivity contribution in [1.82, 2.24) is 4.90 Å². The van der Waals surface area contributed by atoms with Crippen molar-refractivity contribution >= 4 is 29.2 Å². The summed E-state index contributed by atoms with van der Waals surface area (Å²) in [4.78, 5) is 2.02. The Kier molecular flexibility index (Phi) is 2.42. The Balaban J connectivity index is 2.44. The molecule has 0 bridgehead atoms. The zero-order valence-electron chi connectivity index (χ0n) is 5.04. The molecule has 0 unspecified atom stereocenters. The maximum absolute atomic E-state index is 4.82. The summed E-state index contributed by atoms with van der Waals surface area (Å²) in [5.74, 6) is 0. The molecule has 0 N–H and O–H groups in total. The summed E-state index contributed by atoms with van der Waals surface area (Å²) >= 11 is 9.64. The van der Waals surface area contributed by atoms with Crippen molar-refractivity contribution in [3.63, 3.8) is 0 Å². The predicted octanol–water partition coefficient (Wildman–Crippen LogP) is 1.08. The molecule has 0 amide bonds. The van der Waals surface area contributed by atoms with Crippen LogP contribution >= 0.6 is 12.2 Å². The van der Waals surface area contributed by atoms with Crippen molar-refractivity contribution in [3.8, 4) is 0 Å². The highest BCUT2D eigenvalue weighted by Gasteiger charge is 1.99. The molecule has 0 radical (unpaired) electrons. The predicted molar refractivity (Wildman–Crippen MR) is 45.3 cm³/mol. The minimum absolute atomic E-state index is 0.597. The molecule has 9 heavy (non-hydrogen) atoms. The van der Waals surface area contributed by atoms with E-state index in [2.05, 4.69) is 12.2 Å². The van der Waals surface area contributed by atoms with Crippen LogP contribution in [0, 0.1) is 0 Å². The molecule has 0 aliphatic carbocycles. The van der Waals surface area contributed by atoms with Gasteiger partial charge in [-0.2, -0.15) is 0 Å². The molecule has 50 valence electrons. The van der Waals surface area contributed by atoms with Crippen LogP contribution in [-0.4, -0.2) is 22.3 Å². The van der Waals surface area contributed by atoms with Crippen molar-refractivity contribution in [2.24, 2.45) is 0 Å². The van der Waals surface area contributed by atoms with Crippen LogP contribution in [-0.2, 0) is 12.6 Å². The Morgan fingerprint density at radius 2 is 2.33 bits per heavy atom. The van der Waals surface area contributed by atoms with Gasteiger partial charge in [0.05, 0.1) is 0 Å². The van der Waals surface area contributed by atoms with Gasteiger partial charge in [-0.25, -0.2) is 0 Å². The summed E-state index contributed by atoms with van der Waals surface area (Å²) in [6, 6.07) is 0. The van der Waals surface area contributed by atoms with Gasteiger partial charge in [0.25, 0.3) is 0 Å². The first-order chi connectivity index (χ1) is 4.30. The third kappa shape index (κ3) is 1.91. The lowest BCUT2D eigenvalue weighted by atomic mass is 10.3. The number of rotatable bonds is 0. The SMILES string of the molecule is S=C([S-])N1CC=CCC1. The lowest BCUT2D eigenvalue weighted by molar-refractivity contribution is 0.470. The van der Waals surface area contributed by atoms with E-state index in [1.807, 2.05) is 4.90 Å². The second-order valence-electron chi connectivity index (χ2n) is 1.97. The van der Waals surface area contributed by atoms with Crippen molar-refractivity contribution in [2.75, 3.05) is 13.1 Å². The van der Waals surface area contributed by atoms with Crippen LogP contribution in [0.1, 0.15) is 6.42 Å². The molecule has 1 aliphatic rings. The van der Waals surface area contributed by atoms with E-state index in [4.69, 9.17) is 24.8 Å². The minimum Gasteiger partial charge on any atom is -0.411 e. The number of nitrogens with zero attached hydrogens (tertiary/aromatic N) is 1. The first kappa shape index (κ1) is 6.96. The average Bonchev–Trinajstić information content (AvgIpc) is 1.90. The van der Waals surface area contributed by atoms with E-state index in [1.165, 1.54) is 0 Å². The van der Waals surface area contributed by atoms with Crippen LogP contribution in [0.3, 0.4) is 0 Å². The third-order valence-electron chi connectivity index (χ3n) is 1.32. The van der Waals surface area contributed by atoms with E-state index in [-0.39, 0.29) is 0 Å². The van der Waals surface area contributed by atoms with Gasteiger partial charge in [-0.05, 0) is 6.42 Å². The highest BCUT2D eigenvalue weighted by molar-refractivity contribution is 8.00. The van der Waals surface area contributed by atoms with Crippen LogP contribution in [0.15, 0.2) is 12.2 Å². The van der Waals surface area contributed by atoms with Gasteiger partial charge < -0.3 is 29.7 Å². The number of hydrogen-bond acceptors (Lipinski definition) is 2. The lowest BCUT2D eigenvalue weighted by Crippen LogP contribution is -2.30. The minimum atomic E-state index is 0.597. The fourth-order valence-electron chi connectivity index (χ4n) is 0.807. The summed E-state index contributed by atoms with van der Waals surface area (Å²) < 4.78 is 0.597. The Hall–Kier alpha value is -0.150. The van der Waals surface area contributed by atoms with Crippen molar-refractivity contribution in [3.05, 3.63) is 12.2 Å². The summed E-state index contributed by atoms with van der Waals surface area (Å²) in [7, 11) is 0. The van der Waals surface area contributed by atoms with Gasteiger partial charge >= 0.3 is 0 Å². The maximum atomic E-state index is 4.82. The van der Waals surface area contributed by atoms with Crippen LogP contribution in [0.2, 0.25) is 0 Å². The van der Waals surface area contributed by atoms with Crippen molar-refractivity contribution < 1.29 is 0 Å². The van der Waals surface area contributed by atoms with E-state index in [1.54, 1.807) is 0 Å². The van der Waals surface area contributed by atoms with E-state index in [9.17, 15) is 0 Å². The molecule has 3 heteroatoms. The summed E-state index contributed by atoms with van der Waals surface area (Å²) in [6.07, 6.45) is 5.34. The molecule has 0 saturated carbocycles. The largest absolute Gasteiger partial charge is 0.411 e. The molecular weight excluding hydrogens is 150 g/mol. The van der Waals surface area contributed by atoms with E-state index >= 15 is 0 Å². The molecule has 0 saturated heterocycles. The van der Waals surface area contributed by atoms with Gasteiger partial charge in [-0.1, -0.05) is 16.5 Å². The molecule has 0 atom stereocenters. The first-order valence-corrected chi connectivity index (χ1v) is 3.73. The van der Waals surface area contributed by atoms with Crippen LogP contribution in [0.25, 0.3) is 0 Å². The molecular formula is C6H8NS2-. The molecule has 1 nitrogen and oxygen atoms in total. The lowest BCUT2D eigenvalue weighted by Gasteiger charge is -2.28. The van der Waals surface area contributed by atoms with Gasteiger partial charge in [0.1, 0.15) is 0 Å². The highest BCUT2D eigenvalue weighted by atomic mass is 32.1. The zero-order chi connectivity index (χ0) is 6.69. The standard InChI is InChI=1S/C6H9NS2/c8-6(9)7-4-2-1-3-5-7/h1-2H,3-5H2,(H,8,9)/p-1. The Morgan fingerprint density at radius 3 is 2.67 bits per heavy atom. The first-order valence-electron chi connectivity index (χ1n) is 2.91. The topological polar surface area (TPSA) is 3.24 Å². The Bertz CT molecular complexity index is 142. The quantitative estimate of drug-likeness (QED) is 0.295.